The fraction of sp³-hybridized carbons (Fsp3) is 0.222. The average Bonchev–Trinajstić information content (AvgIpc) is 2.93. The zero-order valence-corrected chi connectivity index (χ0v) is 21.4. The maximum absolute atomic E-state index is 14.6. The van der Waals surface area contributed by atoms with Crippen LogP contribution in [0.2, 0.25) is 0 Å². The molecule has 10 nitrogen and oxygen atoms in total. The van der Waals surface area contributed by atoms with Crippen molar-refractivity contribution in [1.29, 1.82) is 0 Å². The van der Waals surface area contributed by atoms with Gasteiger partial charge in [0, 0.05) is 30.2 Å². The fourth-order valence-electron chi connectivity index (χ4n) is 3.38. The zero-order valence-electron chi connectivity index (χ0n) is 21.4. The Bertz CT molecular complexity index is 1410. The second-order valence-corrected chi connectivity index (χ2v) is 8.59. The standard InChI is InChI=1S/C27H21F5N2O8/c28-26(29,30)12-1-13-40-23-9-5-20(6-10-23)27(31,32)42-24-7-2-18(3-8-24)4-11-25(35)41-17-19-14-21(33(36)37)16-22(15-19)34(38)39/h2-11,14-16H,1,12-13,17H2. The molecule has 0 saturated carbocycles. The Morgan fingerprint density at radius 3 is 1.95 bits per heavy atom. The summed E-state index contributed by atoms with van der Waals surface area (Å²) in [6, 6.07) is 12.4. The Labute approximate surface area is 234 Å². The van der Waals surface area contributed by atoms with Gasteiger partial charge in [0.1, 0.15) is 18.1 Å². The van der Waals surface area contributed by atoms with Gasteiger partial charge in [0.05, 0.1) is 28.1 Å². The molecule has 3 aromatic carbocycles. The fourth-order valence-corrected chi connectivity index (χ4v) is 3.38. The second-order valence-electron chi connectivity index (χ2n) is 8.59. The average molecular weight is 596 g/mol. The monoisotopic (exact) mass is 596 g/mol. The molecule has 3 aromatic rings. The van der Waals surface area contributed by atoms with E-state index in [1.165, 1.54) is 42.5 Å². The van der Waals surface area contributed by atoms with E-state index >= 15 is 0 Å². The number of halogens is 5. The first-order chi connectivity index (χ1) is 19.7. The molecule has 0 N–H and O–H groups in total. The van der Waals surface area contributed by atoms with Gasteiger partial charge in [-0.25, -0.2) is 4.79 Å². The summed E-state index contributed by atoms with van der Waals surface area (Å²) < 4.78 is 80.6. The Morgan fingerprint density at radius 2 is 1.40 bits per heavy atom. The molecule has 0 aliphatic rings. The first kappa shape index (κ1) is 31.4. The predicted molar refractivity (Wildman–Crippen MR) is 137 cm³/mol. The van der Waals surface area contributed by atoms with Gasteiger partial charge in [0.15, 0.2) is 0 Å². The van der Waals surface area contributed by atoms with Gasteiger partial charge in [-0.3, -0.25) is 20.2 Å². The number of esters is 1. The van der Waals surface area contributed by atoms with E-state index < -0.39 is 58.1 Å². The first-order valence-electron chi connectivity index (χ1n) is 12.0. The minimum Gasteiger partial charge on any atom is -0.494 e. The number of alkyl halides is 5. The quantitative estimate of drug-likeness (QED) is 0.0510. The molecule has 0 aliphatic heterocycles. The van der Waals surface area contributed by atoms with Crippen LogP contribution in [0.25, 0.3) is 6.08 Å². The van der Waals surface area contributed by atoms with Gasteiger partial charge in [-0.05, 0) is 54.5 Å². The number of rotatable bonds is 13. The number of nitro groups is 2. The summed E-state index contributed by atoms with van der Waals surface area (Å²) in [6.07, 6.45) is -7.05. The lowest BCUT2D eigenvalue weighted by molar-refractivity contribution is -0.394. The molecule has 0 aromatic heterocycles. The van der Waals surface area contributed by atoms with E-state index in [0.29, 0.717) is 5.56 Å². The van der Waals surface area contributed by atoms with Gasteiger partial charge < -0.3 is 14.2 Å². The Balaban J connectivity index is 1.52. The minimum absolute atomic E-state index is 0.0307. The maximum Gasteiger partial charge on any atom is 0.426 e. The van der Waals surface area contributed by atoms with Crippen LogP contribution in [0, 0.1) is 20.2 Å². The number of hydrogen-bond acceptors (Lipinski definition) is 8. The van der Waals surface area contributed by atoms with Crippen molar-refractivity contribution in [3.05, 3.63) is 110 Å². The van der Waals surface area contributed by atoms with E-state index in [1.807, 2.05) is 0 Å². The number of carbonyl (C=O) groups excluding carboxylic acids is 1. The molecule has 0 atom stereocenters. The van der Waals surface area contributed by atoms with Crippen LogP contribution in [0.1, 0.15) is 29.5 Å². The number of carbonyl (C=O) groups is 1. The SMILES string of the molecule is O=C(C=Cc1ccc(OC(F)(F)c2ccc(OCCCC(F)(F)F)cc2)cc1)OCc1cc([N+](=O)[O-])cc([N+](=O)[O-])c1. The van der Waals surface area contributed by atoms with Gasteiger partial charge >= 0.3 is 18.3 Å². The van der Waals surface area contributed by atoms with Crippen LogP contribution in [-0.4, -0.2) is 28.6 Å². The van der Waals surface area contributed by atoms with Crippen molar-refractivity contribution in [3.8, 4) is 11.5 Å². The largest absolute Gasteiger partial charge is 0.494 e. The van der Waals surface area contributed by atoms with E-state index in [4.69, 9.17) is 14.2 Å². The highest BCUT2D eigenvalue weighted by molar-refractivity contribution is 5.87. The predicted octanol–water partition coefficient (Wildman–Crippen LogP) is 7.11. The maximum atomic E-state index is 14.6. The summed E-state index contributed by atoms with van der Waals surface area (Å²) in [7, 11) is 0. The summed E-state index contributed by atoms with van der Waals surface area (Å²) in [5.41, 5.74) is -1.17. The normalized spacial score (nSPS) is 11.7. The lowest BCUT2D eigenvalue weighted by atomic mass is 10.2. The lowest BCUT2D eigenvalue weighted by Crippen LogP contribution is -2.21. The van der Waals surface area contributed by atoms with Crippen LogP contribution < -0.4 is 9.47 Å². The molecule has 0 radical (unpaired) electrons. The van der Waals surface area contributed by atoms with E-state index in [2.05, 4.69) is 0 Å². The van der Waals surface area contributed by atoms with Crippen LogP contribution in [0.15, 0.2) is 72.8 Å². The van der Waals surface area contributed by atoms with Gasteiger partial charge in [-0.1, -0.05) is 12.1 Å². The number of nitrogens with zero attached hydrogens (tertiary/aromatic N) is 2. The van der Waals surface area contributed by atoms with E-state index in [9.17, 15) is 47.0 Å². The van der Waals surface area contributed by atoms with Crippen molar-refractivity contribution in [2.75, 3.05) is 6.61 Å². The topological polar surface area (TPSA) is 131 Å². The van der Waals surface area contributed by atoms with Crippen molar-refractivity contribution < 1.29 is 50.8 Å². The minimum atomic E-state index is -4.31. The molecular formula is C27H21F5N2O8. The molecular weight excluding hydrogens is 575 g/mol. The van der Waals surface area contributed by atoms with Crippen molar-refractivity contribution in [1.82, 2.24) is 0 Å². The summed E-state index contributed by atoms with van der Waals surface area (Å²) in [5, 5.41) is 21.9. The lowest BCUT2D eigenvalue weighted by Gasteiger charge is -2.18. The smallest absolute Gasteiger partial charge is 0.426 e. The second kappa shape index (κ2) is 13.5. The van der Waals surface area contributed by atoms with Crippen LogP contribution in [0.3, 0.4) is 0 Å². The number of non-ortho nitro benzene ring substituents is 2. The van der Waals surface area contributed by atoms with Crippen LogP contribution in [-0.2, 0) is 22.2 Å². The van der Waals surface area contributed by atoms with E-state index in [1.54, 1.807) is 0 Å². The molecule has 0 fully saturated rings. The highest BCUT2D eigenvalue weighted by Crippen LogP contribution is 2.33. The molecule has 0 aliphatic carbocycles. The van der Waals surface area contributed by atoms with Crippen LogP contribution in [0.4, 0.5) is 33.3 Å². The van der Waals surface area contributed by atoms with Gasteiger partial charge in [0.2, 0.25) is 0 Å². The molecule has 222 valence electrons. The van der Waals surface area contributed by atoms with Crippen molar-refractivity contribution >= 4 is 23.4 Å². The molecule has 0 saturated heterocycles. The molecule has 0 unspecified atom stereocenters. The Hall–Kier alpha value is -5.08. The molecule has 0 bridgehead atoms. The number of nitro benzene ring substituents is 2. The molecule has 0 spiro atoms. The number of ether oxygens (including phenoxy) is 3. The van der Waals surface area contributed by atoms with Gasteiger partial charge in [0.25, 0.3) is 11.4 Å². The third kappa shape index (κ3) is 9.83. The zero-order chi connectivity index (χ0) is 30.9. The summed E-state index contributed by atoms with van der Waals surface area (Å²) in [4.78, 5) is 32.3. The Morgan fingerprint density at radius 1 is 0.833 bits per heavy atom. The molecule has 15 heteroatoms. The van der Waals surface area contributed by atoms with Gasteiger partial charge in [-0.2, -0.15) is 22.0 Å². The molecule has 3 rings (SSSR count). The van der Waals surface area contributed by atoms with Crippen molar-refractivity contribution in [2.45, 2.75) is 31.7 Å². The third-order valence-electron chi connectivity index (χ3n) is 5.37. The van der Waals surface area contributed by atoms with E-state index in [-0.39, 0.29) is 30.1 Å². The Kier molecular flexibility index (Phi) is 10.1. The van der Waals surface area contributed by atoms with Crippen molar-refractivity contribution in [3.63, 3.8) is 0 Å². The third-order valence-corrected chi connectivity index (χ3v) is 5.37. The molecule has 0 amide bonds. The highest BCUT2D eigenvalue weighted by Gasteiger charge is 2.34. The molecule has 42 heavy (non-hydrogen) atoms. The van der Waals surface area contributed by atoms with Crippen molar-refractivity contribution in [2.24, 2.45) is 0 Å². The summed E-state index contributed by atoms with van der Waals surface area (Å²) in [6.45, 7) is -0.703. The highest BCUT2D eigenvalue weighted by atomic mass is 19.4. The first-order valence-corrected chi connectivity index (χ1v) is 12.0. The molecule has 0 heterocycles. The summed E-state index contributed by atoms with van der Waals surface area (Å²) in [5.74, 6) is -0.957. The van der Waals surface area contributed by atoms with E-state index in [0.717, 1.165) is 36.4 Å². The van der Waals surface area contributed by atoms with Gasteiger partial charge in [-0.15, -0.1) is 0 Å². The van der Waals surface area contributed by atoms with Crippen LogP contribution >= 0.6 is 0 Å². The van der Waals surface area contributed by atoms with Crippen LogP contribution in [0.5, 0.6) is 11.5 Å². The summed E-state index contributed by atoms with van der Waals surface area (Å²) >= 11 is 0. The number of hydrogen-bond donors (Lipinski definition) is 0. The number of benzene rings is 3.